The molecule has 0 aliphatic heterocycles. The lowest BCUT2D eigenvalue weighted by atomic mass is 9.98. The van der Waals surface area contributed by atoms with Crippen molar-refractivity contribution in [2.75, 3.05) is 11.9 Å². The molecule has 0 radical (unpaired) electrons. The summed E-state index contributed by atoms with van der Waals surface area (Å²) in [4.78, 5) is 12.3. The third-order valence-corrected chi connectivity index (χ3v) is 3.76. The summed E-state index contributed by atoms with van der Waals surface area (Å²) in [6.45, 7) is 0.238. The van der Waals surface area contributed by atoms with E-state index in [1.807, 2.05) is 36.4 Å². The molecule has 0 fully saturated rings. The van der Waals surface area contributed by atoms with Gasteiger partial charge in [0.05, 0.1) is 16.6 Å². The van der Waals surface area contributed by atoms with E-state index in [0.717, 1.165) is 10.0 Å². The Morgan fingerprint density at radius 3 is 2.60 bits per heavy atom. The summed E-state index contributed by atoms with van der Waals surface area (Å²) in [5, 5.41) is 3.31. The molecule has 20 heavy (non-hydrogen) atoms. The average Bonchev–Trinajstić information content (AvgIpc) is 2.45. The van der Waals surface area contributed by atoms with Crippen molar-refractivity contribution in [2.45, 2.75) is 5.92 Å². The molecule has 2 aromatic carbocycles. The first-order chi connectivity index (χ1) is 9.61. The van der Waals surface area contributed by atoms with Gasteiger partial charge in [0.25, 0.3) is 0 Å². The van der Waals surface area contributed by atoms with Crippen LogP contribution in [0.2, 0.25) is 5.02 Å². The molecule has 1 amide bonds. The number of carbonyl (C=O) groups excluding carboxylic acids is 1. The summed E-state index contributed by atoms with van der Waals surface area (Å²) in [5.41, 5.74) is 7.18. The fourth-order valence-electron chi connectivity index (χ4n) is 1.89. The van der Waals surface area contributed by atoms with Gasteiger partial charge in [-0.25, -0.2) is 0 Å². The van der Waals surface area contributed by atoms with Gasteiger partial charge in [0.15, 0.2) is 0 Å². The van der Waals surface area contributed by atoms with Crippen molar-refractivity contribution in [1.82, 2.24) is 0 Å². The Balaban J connectivity index is 2.20. The van der Waals surface area contributed by atoms with Crippen LogP contribution in [0.1, 0.15) is 11.5 Å². The quantitative estimate of drug-likeness (QED) is 0.879. The summed E-state index contributed by atoms with van der Waals surface area (Å²) in [6.07, 6.45) is 0. The molecule has 0 saturated carbocycles. The van der Waals surface area contributed by atoms with Crippen LogP contribution in [0.15, 0.2) is 53.0 Å². The number of hydrogen-bond donors (Lipinski definition) is 2. The Kier molecular flexibility index (Phi) is 5.17. The Morgan fingerprint density at radius 2 is 1.95 bits per heavy atom. The van der Waals surface area contributed by atoms with Gasteiger partial charge in [0.2, 0.25) is 5.91 Å². The fourth-order valence-corrected chi connectivity index (χ4v) is 2.42. The van der Waals surface area contributed by atoms with Crippen LogP contribution >= 0.6 is 27.5 Å². The Labute approximate surface area is 131 Å². The molecule has 2 aromatic rings. The predicted molar refractivity (Wildman–Crippen MR) is 86.0 cm³/mol. The molecular weight excluding hydrogens is 340 g/mol. The van der Waals surface area contributed by atoms with Gasteiger partial charge in [0.1, 0.15) is 0 Å². The molecule has 0 aromatic heterocycles. The van der Waals surface area contributed by atoms with E-state index in [0.29, 0.717) is 10.7 Å². The molecule has 0 aliphatic rings. The SMILES string of the molecule is NCC(C(=O)Nc1cc(Br)ccc1Cl)c1ccccc1. The Hall–Kier alpha value is -1.36. The topological polar surface area (TPSA) is 55.1 Å². The molecule has 1 unspecified atom stereocenters. The van der Waals surface area contributed by atoms with Crippen LogP contribution in [0, 0.1) is 0 Å². The minimum Gasteiger partial charge on any atom is -0.329 e. The van der Waals surface area contributed by atoms with E-state index in [2.05, 4.69) is 21.2 Å². The zero-order valence-electron chi connectivity index (χ0n) is 10.6. The van der Waals surface area contributed by atoms with E-state index in [1.54, 1.807) is 12.1 Å². The molecule has 104 valence electrons. The van der Waals surface area contributed by atoms with E-state index >= 15 is 0 Å². The van der Waals surface area contributed by atoms with Gasteiger partial charge in [-0.3, -0.25) is 4.79 Å². The van der Waals surface area contributed by atoms with Crippen molar-refractivity contribution in [3.8, 4) is 0 Å². The summed E-state index contributed by atoms with van der Waals surface area (Å²) in [7, 11) is 0. The van der Waals surface area contributed by atoms with E-state index < -0.39 is 5.92 Å². The molecule has 0 saturated heterocycles. The lowest BCUT2D eigenvalue weighted by Crippen LogP contribution is -2.27. The summed E-state index contributed by atoms with van der Waals surface area (Å²) >= 11 is 9.42. The van der Waals surface area contributed by atoms with Crippen molar-refractivity contribution in [3.63, 3.8) is 0 Å². The molecule has 3 nitrogen and oxygen atoms in total. The monoisotopic (exact) mass is 352 g/mol. The van der Waals surface area contributed by atoms with E-state index in [4.69, 9.17) is 17.3 Å². The molecule has 3 N–H and O–H groups in total. The molecular formula is C15H14BrClN2O. The van der Waals surface area contributed by atoms with E-state index in [1.165, 1.54) is 0 Å². The van der Waals surface area contributed by atoms with Crippen LogP contribution in [0.3, 0.4) is 0 Å². The fraction of sp³-hybridized carbons (Fsp3) is 0.133. The number of amides is 1. The minimum atomic E-state index is -0.397. The number of carbonyl (C=O) groups is 1. The minimum absolute atomic E-state index is 0.168. The van der Waals surface area contributed by atoms with Gasteiger partial charge >= 0.3 is 0 Å². The lowest BCUT2D eigenvalue weighted by molar-refractivity contribution is -0.117. The van der Waals surface area contributed by atoms with Crippen LogP contribution in [0.25, 0.3) is 0 Å². The van der Waals surface area contributed by atoms with Crippen LogP contribution in [0.4, 0.5) is 5.69 Å². The summed E-state index contributed by atoms with van der Waals surface area (Å²) in [6, 6.07) is 14.8. The lowest BCUT2D eigenvalue weighted by Gasteiger charge is -2.16. The second-order valence-electron chi connectivity index (χ2n) is 4.31. The van der Waals surface area contributed by atoms with Crippen LogP contribution < -0.4 is 11.1 Å². The van der Waals surface area contributed by atoms with Crippen LogP contribution in [-0.2, 0) is 4.79 Å². The second-order valence-corrected chi connectivity index (χ2v) is 5.64. The molecule has 5 heteroatoms. The van der Waals surface area contributed by atoms with Gasteiger partial charge in [-0.2, -0.15) is 0 Å². The number of hydrogen-bond acceptors (Lipinski definition) is 2. The van der Waals surface area contributed by atoms with Crippen LogP contribution in [-0.4, -0.2) is 12.5 Å². The number of anilines is 1. The Bertz CT molecular complexity index is 604. The van der Waals surface area contributed by atoms with Crippen molar-refractivity contribution < 1.29 is 4.79 Å². The highest BCUT2D eigenvalue weighted by molar-refractivity contribution is 9.10. The van der Waals surface area contributed by atoms with Crippen LogP contribution in [0.5, 0.6) is 0 Å². The maximum absolute atomic E-state index is 12.3. The van der Waals surface area contributed by atoms with Crippen molar-refractivity contribution in [3.05, 3.63) is 63.6 Å². The van der Waals surface area contributed by atoms with E-state index in [-0.39, 0.29) is 12.5 Å². The predicted octanol–water partition coefficient (Wildman–Crippen LogP) is 3.78. The zero-order chi connectivity index (χ0) is 14.5. The number of halogens is 2. The largest absolute Gasteiger partial charge is 0.329 e. The number of nitrogens with one attached hydrogen (secondary N) is 1. The molecule has 0 heterocycles. The first-order valence-corrected chi connectivity index (χ1v) is 7.30. The highest BCUT2D eigenvalue weighted by atomic mass is 79.9. The standard InChI is InChI=1S/C15H14BrClN2O/c16-11-6-7-13(17)14(8-11)19-15(20)12(9-18)10-4-2-1-3-5-10/h1-8,12H,9,18H2,(H,19,20). The maximum Gasteiger partial charge on any atom is 0.233 e. The maximum atomic E-state index is 12.3. The van der Waals surface area contributed by atoms with Crippen molar-refractivity contribution in [2.24, 2.45) is 5.73 Å². The Morgan fingerprint density at radius 1 is 1.25 bits per heavy atom. The first-order valence-electron chi connectivity index (χ1n) is 6.12. The van der Waals surface area contributed by atoms with Crippen molar-refractivity contribution in [1.29, 1.82) is 0 Å². The number of rotatable bonds is 4. The normalized spacial score (nSPS) is 11.9. The van der Waals surface area contributed by atoms with E-state index in [9.17, 15) is 4.79 Å². The second kappa shape index (κ2) is 6.88. The highest BCUT2D eigenvalue weighted by Gasteiger charge is 2.19. The molecule has 0 spiro atoms. The molecule has 0 aliphatic carbocycles. The van der Waals surface area contributed by atoms with Gasteiger partial charge < -0.3 is 11.1 Å². The van der Waals surface area contributed by atoms with Gasteiger partial charge in [-0.05, 0) is 23.8 Å². The highest BCUT2D eigenvalue weighted by Crippen LogP contribution is 2.27. The van der Waals surface area contributed by atoms with Gasteiger partial charge in [-0.15, -0.1) is 0 Å². The smallest absolute Gasteiger partial charge is 0.233 e. The third kappa shape index (κ3) is 3.60. The zero-order valence-corrected chi connectivity index (χ0v) is 13.0. The number of benzene rings is 2. The number of nitrogens with two attached hydrogens (primary N) is 1. The molecule has 2 rings (SSSR count). The first kappa shape index (κ1) is 15.0. The summed E-state index contributed by atoms with van der Waals surface area (Å²) in [5.74, 6) is -0.565. The average molecular weight is 354 g/mol. The molecule has 1 atom stereocenters. The van der Waals surface area contributed by atoms with Gasteiger partial charge in [0, 0.05) is 11.0 Å². The van der Waals surface area contributed by atoms with Gasteiger partial charge in [-0.1, -0.05) is 57.9 Å². The summed E-state index contributed by atoms with van der Waals surface area (Å²) < 4.78 is 0.848. The molecule has 0 bridgehead atoms. The van der Waals surface area contributed by atoms with Crippen molar-refractivity contribution >= 4 is 39.1 Å². The third-order valence-electron chi connectivity index (χ3n) is 2.94.